The summed E-state index contributed by atoms with van der Waals surface area (Å²) in [5.41, 5.74) is 6.62. The molecule has 0 unspecified atom stereocenters. The number of nitrogens with two attached hydrogens (primary N) is 1. The number of hydrogen-bond donors (Lipinski definition) is 3. The Kier molecular flexibility index (Phi) is 10.6. The first-order valence-electron chi connectivity index (χ1n) is 6.73. The van der Waals surface area contributed by atoms with Crippen molar-refractivity contribution < 1.29 is 14.3 Å². The highest BCUT2D eigenvalue weighted by molar-refractivity contribution is 14.0. The summed E-state index contributed by atoms with van der Waals surface area (Å²) in [6.45, 7) is 4.37. The van der Waals surface area contributed by atoms with E-state index in [1.54, 1.807) is 26.4 Å². The lowest BCUT2D eigenvalue weighted by atomic mass is 10.2. The van der Waals surface area contributed by atoms with Gasteiger partial charge in [0, 0.05) is 6.54 Å². The maximum Gasteiger partial charge on any atom is 0.239 e. The number of carbonyl (C=O) groups is 1. The molecule has 0 aliphatic heterocycles. The van der Waals surface area contributed by atoms with Gasteiger partial charge < -0.3 is 25.8 Å². The SMILES string of the molecule is C=CCNC(=O)CNC(N)=NCc1ccc(OC)c(OC)c1.I. The van der Waals surface area contributed by atoms with Crippen LogP contribution in [0.15, 0.2) is 35.8 Å². The number of nitrogens with one attached hydrogen (secondary N) is 2. The molecule has 1 rings (SSSR count). The Morgan fingerprint density at radius 3 is 2.61 bits per heavy atom. The van der Waals surface area contributed by atoms with Gasteiger partial charge in [0.2, 0.25) is 5.91 Å². The second-order valence-electron chi connectivity index (χ2n) is 4.34. The second kappa shape index (κ2) is 11.6. The van der Waals surface area contributed by atoms with E-state index in [2.05, 4.69) is 22.2 Å². The van der Waals surface area contributed by atoms with Gasteiger partial charge in [0.25, 0.3) is 0 Å². The van der Waals surface area contributed by atoms with E-state index in [1.807, 2.05) is 12.1 Å². The lowest BCUT2D eigenvalue weighted by molar-refractivity contribution is -0.119. The molecule has 0 saturated carbocycles. The minimum absolute atomic E-state index is 0. The molecule has 0 aromatic heterocycles. The minimum Gasteiger partial charge on any atom is -0.493 e. The molecular formula is C15H23IN4O3. The number of guanidine groups is 1. The van der Waals surface area contributed by atoms with Gasteiger partial charge in [-0.25, -0.2) is 4.99 Å². The molecule has 0 heterocycles. The summed E-state index contributed by atoms with van der Waals surface area (Å²) in [5, 5.41) is 5.37. The Labute approximate surface area is 153 Å². The maximum atomic E-state index is 11.4. The fourth-order valence-corrected chi connectivity index (χ4v) is 1.63. The molecule has 1 aromatic rings. The molecule has 7 nitrogen and oxygen atoms in total. The first-order chi connectivity index (χ1) is 10.6. The van der Waals surface area contributed by atoms with E-state index in [0.29, 0.717) is 24.6 Å². The monoisotopic (exact) mass is 434 g/mol. The van der Waals surface area contributed by atoms with Crippen LogP contribution < -0.4 is 25.8 Å². The highest BCUT2D eigenvalue weighted by Crippen LogP contribution is 2.27. The summed E-state index contributed by atoms with van der Waals surface area (Å²) in [6, 6.07) is 5.50. The number of rotatable bonds is 8. The molecule has 1 amide bonds. The number of carbonyl (C=O) groups excluding carboxylic acids is 1. The maximum absolute atomic E-state index is 11.4. The van der Waals surface area contributed by atoms with Crippen molar-refractivity contribution in [3.05, 3.63) is 36.4 Å². The van der Waals surface area contributed by atoms with Crippen molar-refractivity contribution in [2.24, 2.45) is 10.7 Å². The third-order valence-electron chi connectivity index (χ3n) is 2.75. The molecule has 0 saturated heterocycles. The summed E-state index contributed by atoms with van der Waals surface area (Å²) >= 11 is 0. The van der Waals surface area contributed by atoms with Crippen LogP contribution in [0.1, 0.15) is 5.56 Å². The molecule has 0 atom stereocenters. The van der Waals surface area contributed by atoms with Gasteiger partial charge >= 0.3 is 0 Å². The van der Waals surface area contributed by atoms with E-state index in [1.165, 1.54) is 0 Å². The van der Waals surface area contributed by atoms with E-state index in [0.717, 1.165) is 5.56 Å². The Morgan fingerprint density at radius 2 is 2.00 bits per heavy atom. The van der Waals surface area contributed by atoms with Crippen molar-refractivity contribution in [1.29, 1.82) is 0 Å². The topological polar surface area (TPSA) is 98.0 Å². The first-order valence-corrected chi connectivity index (χ1v) is 6.73. The molecule has 4 N–H and O–H groups in total. The number of methoxy groups -OCH3 is 2. The van der Waals surface area contributed by atoms with Crippen molar-refractivity contribution in [1.82, 2.24) is 10.6 Å². The number of benzene rings is 1. The number of nitrogens with zero attached hydrogens (tertiary/aromatic N) is 1. The molecule has 0 aliphatic rings. The Bertz CT molecular complexity index is 550. The summed E-state index contributed by atoms with van der Waals surface area (Å²) in [4.78, 5) is 15.5. The summed E-state index contributed by atoms with van der Waals surface area (Å²) in [6.07, 6.45) is 1.60. The van der Waals surface area contributed by atoms with Crippen LogP contribution >= 0.6 is 24.0 Å². The van der Waals surface area contributed by atoms with Crippen LogP contribution in [0.3, 0.4) is 0 Å². The van der Waals surface area contributed by atoms with Crippen molar-refractivity contribution in [2.75, 3.05) is 27.3 Å². The number of hydrogen-bond acceptors (Lipinski definition) is 4. The van der Waals surface area contributed by atoms with E-state index in [9.17, 15) is 4.79 Å². The zero-order chi connectivity index (χ0) is 16.4. The van der Waals surface area contributed by atoms with E-state index >= 15 is 0 Å². The molecular weight excluding hydrogens is 411 g/mol. The van der Waals surface area contributed by atoms with Crippen LogP contribution in [0.4, 0.5) is 0 Å². The highest BCUT2D eigenvalue weighted by Gasteiger charge is 2.04. The molecule has 128 valence electrons. The van der Waals surface area contributed by atoms with Crippen molar-refractivity contribution in [3.8, 4) is 11.5 Å². The van der Waals surface area contributed by atoms with Gasteiger partial charge in [-0.15, -0.1) is 30.6 Å². The third-order valence-corrected chi connectivity index (χ3v) is 2.75. The molecule has 8 heteroatoms. The van der Waals surface area contributed by atoms with Crippen molar-refractivity contribution in [2.45, 2.75) is 6.54 Å². The molecule has 0 fully saturated rings. The largest absolute Gasteiger partial charge is 0.493 e. The zero-order valence-electron chi connectivity index (χ0n) is 13.3. The van der Waals surface area contributed by atoms with Gasteiger partial charge in [0.1, 0.15) is 0 Å². The Balaban J connectivity index is 0.00000484. The summed E-state index contributed by atoms with van der Waals surface area (Å²) in [5.74, 6) is 1.30. The van der Waals surface area contributed by atoms with Gasteiger partial charge in [0.05, 0.1) is 27.3 Å². The summed E-state index contributed by atoms with van der Waals surface area (Å²) < 4.78 is 10.4. The Hall–Kier alpha value is -1.97. The fraction of sp³-hybridized carbons (Fsp3) is 0.333. The molecule has 23 heavy (non-hydrogen) atoms. The van der Waals surface area contributed by atoms with Gasteiger partial charge in [-0.3, -0.25) is 4.79 Å². The predicted molar refractivity (Wildman–Crippen MR) is 101 cm³/mol. The average Bonchev–Trinajstić information content (AvgIpc) is 2.55. The van der Waals surface area contributed by atoms with Gasteiger partial charge in [0.15, 0.2) is 17.5 Å². The van der Waals surface area contributed by atoms with Crippen LogP contribution in [-0.2, 0) is 11.3 Å². The molecule has 0 radical (unpaired) electrons. The first kappa shape index (κ1) is 21.0. The van der Waals surface area contributed by atoms with E-state index in [-0.39, 0.29) is 42.4 Å². The van der Waals surface area contributed by atoms with E-state index in [4.69, 9.17) is 15.2 Å². The predicted octanol–water partition coefficient (Wildman–Crippen LogP) is 1.03. The molecule has 0 aliphatic carbocycles. The van der Waals surface area contributed by atoms with Crippen LogP contribution in [0.2, 0.25) is 0 Å². The quantitative estimate of drug-likeness (QED) is 0.246. The van der Waals surface area contributed by atoms with Gasteiger partial charge in [-0.2, -0.15) is 0 Å². The van der Waals surface area contributed by atoms with E-state index < -0.39 is 0 Å². The van der Waals surface area contributed by atoms with Crippen LogP contribution in [-0.4, -0.2) is 39.2 Å². The Morgan fingerprint density at radius 1 is 1.30 bits per heavy atom. The number of aliphatic imine (C=N–C) groups is 1. The average molecular weight is 434 g/mol. The highest BCUT2D eigenvalue weighted by atomic mass is 127. The lowest BCUT2D eigenvalue weighted by Crippen LogP contribution is -2.40. The van der Waals surface area contributed by atoms with Crippen LogP contribution in [0.5, 0.6) is 11.5 Å². The number of amides is 1. The second-order valence-corrected chi connectivity index (χ2v) is 4.34. The summed E-state index contributed by atoms with van der Waals surface area (Å²) in [7, 11) is 3.15. The minimum atomic E-state index is -0.177. The molecule has 0 spiro atoms. The normalized spacial score (nSPS) is 10.3. The third kappa shape index (κ3) is 7.73. The molecule has 1 aromatic carbocycles. The van der Waals surface area contributed by atoms with Crippen LogP contribution in [0, 0.1) is 0 Å². The standard InChI is InChI=1S/C15H22N4O3.HI/c1-4-7-17-14(20)10-19-15(16)18-9-11-5-6-12(21-2)13(8-11)22-3;/h4-6,8H,1,7,9-10H2,2-3H3,(H,17,20)(H3,16,18,19);1H. The van der Waals surface area contributed by atoms with Gasteiger partial charge in [-0.05, 0) is 17.7 Å². The molecule has 0 bridgehead atoms. The number of halogens is 1. The van der Waals surface area contributed by atoms with Crippen molar-refractivity contribution >= 4 is 35.8 Å². The lowest BCUT2D eigenvalue weighted by Gasteiger charge is -2.09. The van der Waals surface area contributed by atoms with Gasteiger partial charge in [-0.1, -0.05) is 12.1 Å². The zero-order valence-corrected chi connectivity index (χ0v) is 15.6. The van der Waals surface area contributed by atoms with Crippen molar-refractivity contribution in [3.63, 3.8) is 0 Å². The van der Waals surface area contributed by atoms with Crippen LogP contribution in [0.25, 0.3) is 0 Å². The fourth-order valence-electron chi connectivity index (χ4n) is 1.63. The number of ether oxygens (including phenoxy) is 2. The smallest absolute Gasteiger partial charge is 0.239 e.